The second-order valence-electron chi connectivity index (χ2n) is 3.72. The standard InChI is InChI=1S/C11H10FN3/c1-6-9-5-13-10-3-2-7(12)4-8(10)11(9)15-14-6/h2-4,13H,5H2,1H3,(H,14,15). The molecule has 1 aliphatic heterocycles. The summed E-state index contributed by atoms with van der Waals surface area (Å²) in [5.74, 6) is -0.232. The molecule has 76 valence electrons. The molecular weight excluding hydrogens is 193 g/mol. The minimum Gasteiger partial charge on any atom is -0.380 e. The average molecular weight is 203 g/mol. The van der Waals surface area contributed by atoms with E-state index in [1.165, 1.54) is 12.1 Å². The zero-order valence-electron chi connectivity index (χ0n) is 8.26. The van der Waals surface area contributed by atoms with Gasteiger partial charge in [-0.05, 0) is 25.1 Å². The fourth-order valence-electron chi connectivity index (χ4n) is 1.94. The third-order valence-electron chi connectivity index (χ3n) is 2.77. The third-order valence-corrected chi connectivity index (χ3v) is 2.77. The summed E-state index contributed by atoms with van der Waals surface area (Å²) in [6, 6.07) is 4.72. The van der Waals surface area contributed by atoms with Gasteiger partial charge in [0.15, 0.2) is 0 Å². The van der Waals surface area contributed by atoms with Crippen molar-refractivity contribution in [2.75, 3.05) is 5.32 Å². The Morgan fingerprint density at radius 3 is 3.13 bits per heavy atom. The quantitative estimate of drug-likeness (QED) is 0.690. The van der Waals surface area contributed by atoms with Crippen LogP contribution < -0.4 is 5.32 Å². The first-order valence-electron chi connectivity index (χ1n) is 4.83. The molecule has 1 aliphatic rings. The maximum Gasteiger partial charge on any atom is 0.124 e. The highest BCUT2D eigenvalue weighted by atomic mass is 19.1. The molecule has 0 amide bonds. The molecular formula is C11H10FN3. The van der Waals surface area contributed by atoms with E-state index in [2.05, 4.69) is 15.5 Å². The van der Waals surface area contributed by atoms with Gasteiger partial charge in [-0.15, -0.1) is 0 Å². The number of aromatic nitrogens is 2. The topological polar surface area (TPSA) is 40.7 Å². The van der Waals surface area contributed by atoms with E-state index in [0.717, 1.165) is 34.7 Å². The third kappa shape index (κ3) is 1.14. The van der Waals surface area contributed by atoms with Gasteiger partial charge < -0.3 is 5.32 Å². The van der Waals surface area contributed by atoms with E-state index in [1.807, 2.05) is 6.92 Å². The van der Waals surface area contributed by atoms with Crippen molar-refractivity contribution < 1.29 is 4.39 Å². The second kappa shape index (κ2) is 2.82. The predicted octanol–water partition coefficient (Wildman–Crippen LogP) is 2.45. The number of hydrogen-bond donors (Lipinski definition) is 2. The Labute approximate surface area is 86.3 Å². The molecule has 0 bridgehead atoms. The first kappa shape index (κ1) is 8.47. The van der Waals surface area contributed by atoms with Crippen LogP contribution in [0.15, 0.2) is 18.2 Å². The molecule has 0 fully saturated rings. The summed E-state index contributed by atoms with van der Waals surface area (Å²) >= 11 is 0. The van der Waals surface area contributed by atoms with Crippen LogP contribution in [0.4, 0.5) is 10.1 Å². The Hall–Kier alpha value is -1.84. The van der Waals surface area contributed by atoms with E-state index < -0.39 is 0 Å². The maximum absolute atomic E-state index is 13.1. The number of hydrogen-bond acceptors (Lipinski definition) is 2. The molecule has 0 spiro atoms. The highest BCUT2D eigenvalue weighted by molar-refractivity contribution is 5.80. The van der Waals surface area contributed by atoms with Gasteiger partial charge in [0.1, 0.15) is 5.82 Å². The van der Waals surface area contributed by atoms with Crippen molar-refractivity contribution in [1.82, 2.24) is 10.2 Å². The second-order valence-corrected chi connectivity index (χ2v) is 3.72. The van der Waals surface area contributed by atoms with E-state index in [4.69, 9.17) is 0 Å². The fraction of sp³-hybridized carbons (Fsp3) is 0.182. The van der Waals surface area contributed by atoms with Crippen molar-refractivity contribution >= 4 is 5.69 Å². The average Bonchev–Trinajstić information content (AvgIpc) is 2.61. The first-order valence-corrected chi connectivity index (χ1v) is 4.83. The summed E-state index contributed by atoms with van der Waals surface area (Å²) in [7, 11) is 0. The lowest BCUT2D eigenvalue weighted by atomic mass is 10.0. The van der Waals surface area contributed by atoms with Crippen LogP contribution in [0.5, 0.6) is 0 Å². The van der Waals surface area contributed by atoms with Crippen LogP contribution in [0, 0.1) is 12.7 Å². The SMILES string of the molecule is Cc1[nH]nc2c1CNc1ccc(F)cc1-2. The minimum atomic E-state index is -0.232. The summed E-state index contributed by atoms with van der Waals surface area (Å²) in [4.78, 5) is 0. The van der Waals surface area contributed by atoms with Gasteiger partial charge in [-0.25, -0.2) is 4.39 Å². The molecule has 0 atom stereocenters. The first-order chi connectivity index (χ1) is 7.25. The van der Waals surface area contributed by atoms with E-state index in [1.54, 1.807) is 6.07 Å². The highest BCUT2D eigenvalue weighted by Gasteiger charge is 2.20. The molecule has 15 heavy (non-hydrogen) atoms. The summed E-state index contributed by atoms with van der Waals surface area (Å²) in [5, 5.41) is 10.4. The number of H-pyrrole nitrogens is 1. The Kier molecular flexibility index (Phi) is 1.59. The smallest absolute Gasteiger partial charge is 0.124 e. The lowest BCUT2D eigenvalue weighted by molar-refractivity contribution is 0.628. The normalized spacial score (nSPS) is 12.9. The molecule has 0 aliphatic carbocycles. The van der Waals surface area contributed by atoms with Crippen molar-refractivity contribution in [3.8, 4) is 11.3 Å². The Balaban J connectivity index is 2.28. The zero-order valence-corrected chi connectivity index (χ0v) is 8.26. The molecule has 2 aromatic rings. The highest BCUT2D eigenvalue weighted by Crippen LogP contribution is 2.35. The van der Waals surface area contributed by atoms with Crippen LogP contribution in [-0.4, -0.2) is 10.2 Å². The Bertz CT molecular complexity index is 531. The molecule has 0 saturated carbocycles. The number of aryl methyl sites for hydroxylation is 1. The van der Waals surface area contributed by atoms with Gasteiger partial charge >= 0.3 is 0 Å². The Morgan fingerprint density at radius 1 is 1.40 bits per heavy atom. The minimum absolute atomic E-state index is 0.232. The van der Waals surface area contributed by atoms with Crippen LogP contribution >= 0.6 is 0 Å². The lowest BCUT2D eigenvalue weighted by Gasteiger charge is -2.17. The lowest BCUT2D eigenvalue weighted by Crippen LogP contribution is -2.08. The van der Waals surface area contributed by atoms with Crippen molar-refractivity contribution in [2.24, 2.45) is 0 Å². The molecule has 2 heterocycles. The van der Waals surface area contributed by atoms with E-state index in [0.29, 0.717) is 0 Å². The number of benzene rings is 1. The van der Waals surface area contributed by atoms with Gasteiger partial charge in [-0.2, -0.15) is 5.10 Å². The van der Waals surface area contributed by atoms with E-state index >= 15 is 0 Å². The number of nitrogens with one attached hydrogen (secondary N) is 2. The summed E-state index contributed by atoms with van der Waals surface area (Å²) in [6.45, 7) is 2.72. The molecule has 1 aromatic heterocycles. The molecule has 3 rings (SSSR count). The molecule has 0 unspecified atom stereocenters. The predicted molar refractivity (Wildman–Crippen MR) is 56.0 cm³/mol. The van der Waals surface area contributed by atoms with Gasteiger partial charge in [-0.3, -0.25) is 5.10 Å². The van der Waals surface area contributed by atoms with Crippen molar-refractivity contribution in [2.45, 2.75) is 13.5 Å². The van der Waals surface area contributed by atoms with E-state index in [-0.39, 0.29) is 5.82 Å². The number of halogens is 1. The largest absolute Gasteiger partial charge is 0.380 e. The molecule has 0 saturated heterocycles. The molecule has 0 radical (unpaired) electrons. The van der Waals surface area contributed by atoms with Crippen LogP contribution in [0.2, 0.25) is 0 Å². The van der Waals surface area contributed by atoms with Crippen molar-refractivity contribution in [3.63, 3.8) is 0 Å². The monoisotopic (exact) mass is 203 g/mol. The Morgan fingerprint density at radius 2 is 2.27 bits per heavy atom. The number of anilines is 1. The van der Waals surface area contributed by atoms with Crippen LogP contribution in [0.1, 0.15) is 11.3 Å². The molecule has 2 N–H and O–H groups in total. The van der Waals surface area contributed by atoms with Crippen molar-refractivity contribution in [3.05, 3.63) is 35.3 Å². The van der Waals surface area contributed by atoms with Crippen LogP contribution in [0.25, 0.3) is 11.3 Å². The maximum atomic E-state index is 13.1. The molecule has 4 heteroatoms. The summed E-state index contributed by atoms with van der Waals surface area (Å²) in [6.07, 6.45) is 0. The van der Waals surface area contributed by atoms with Gasteiger partial charge in [-0.1, -0.05) is 0 Å². The number of rotatable bonds is 0. The van der Waals surface area contributed by atoms with Gasteiger partial charge in [0.05, 0.1) is 5.69 Å². The van der Waals surface area contributed by atoms with E-state index in [9.17, 15) is 4.39 Å². The fourth-order valence-corrected chi connectivity index (χ4v) is 1.94. The number of aromatic amines is 1. The van der Waals surface area contributed by atoms with Crippen molar-refractivity contribution in [1.29, 1.82) is 0 Å². The van der Waals surface area contributed by atoms with Gasteiger partial charge in [0.2, 0.25) is 0 Å². The molecule has 1 aromatic carbocycles. The van der Waals surface area contributed by atoms with Gasteiger partial charge in [0.25, 0.3) is 0 Å². The zero-order chi connectivity index (χ0) is 10.4. The van der Waals surface area contributed by atoms with Gasteiger partial charge in [0, 0.05) is 29.1 Å². The number of nitrogens with zero attached hydrogens (tertiary/aromatic N) is 1. The van der Waals surface area contributed by atoms with Crippen LogP contribution in [0.3, 0.4) is 0 Å². The number of fused-ring (bicyclic) bond motifs is 3. The van der Waals surface area contributed by atoms with Crippen LogP contribution in [-0.2, 0) is 6.54 Å². The summed E-state index contributed by atoms with van der Waals surface area (Å²) < 4.78 is 13.1. The summed E-state index contributed by atoms with van der Waals surface area (Å²) in [5.41, 5.74) is 4.79. The molecule has 3 nitrogen and oxygen atoms in total.